The van der Waals surface area contributed by atoms with E-state index >= 15 is 0 Å². The first-order chi connectivity index (χ1) is 10.7. The molecule has 0 radical (unpaired) electrons. The summed E-state index contributed by atoms with van der Waals surface area (Å²) >= 11 is 0. The van der Waals surface area contributed by atoms with E-state index in [1.165, 1.54) is 17.7 Å². The molecule has 2 aromatic carbocycles. The van der Waals surface area contributed by atoms with Crippen molar-refractivity contribution in [3.63, 3.8) is 0 Å². The summed E-state index contributed by atoms with van der Waals surface area (Å²) in [6.07, 6.45) is 4.25. The Kier molecular flexibility index (Phi) is 2.27. The van der Waals surface area contributed by atoms with Gasteiger partial charge >= 0.3 is 0 Å². The number of carbonyl (C=O) groups is 2. The quantitative estimate of drug-likeness (QED) is 0.884. The summed E-state index contributed by atoms with van der Waals surface area (Å²) < 4.78 is 0. The number of hydrogen-bond donors (Lipinski definition) is 1. The number of carbonyl (C=O) groups excluding carboxylic acids is 2. The largest absolute Gasteiger partial charge is 0.382 e. The number of amides is 2. The molecule has 0 bridgehead atoms. The molecule has 2 aromatic rings. The van der Waals surface area contributed by atoms with Gasteiger partial charge in [-0.25, -0.2) is 0 Å². The topological polar surface area (TPSA) is 49.4 Å². The predicted octanol–water partition coefficient (Wildman–Crippen LogP) is 3.17. The molecule has 2 saturated carbocycles. The molecule has 4 heteroatoms. The molecule has 5 rings (SSSR count). The van der Waals surface area contributed by atoms with E-state index in [1.54, 1.807) is 0 Å². The van der Waals surface area contributed by atoms with Gasteiger partial charge in [-0.3, -0.25) is 14.5 Å². The number of nitrogens with zero attached hydrogens (tertiary/aromatic N) is 1. The van der Waals surface area contributed by atoms with Gasteiger partial charge in [0, 0.05) is 39.7 Å². The van der Waals surface area contributed by atoms with Gasteiger partial charge in [0.15, 0.2) is 0 Å². The number of hydrogen-bond acceptors (Lipinski definition) is 3. The maximum Gasteiger partial charge on any atom is 0.261 e. The third-order valence-electron chi connectivity index (χ3n) is 4.79. The van der Waals surface area contributed by atoms with Crippen LogP contribution in [0.5, 0.6) is 0 Å². The first-order valence-corrected chi connectivity index (χ1v) is 7.94. The van der Waals surface area contributed by atoms with Crippen molar-refractivity contribution in [2.24, 2.45) is 0 Å². The van der Waals surface area contributed by atoms with Crippen LogP contribution in [0.2, 0.25) is 0 Å². The number of benzene rings is 2. The van der Waals surface area contributed by atoms with Crippen molar-refractivity contribution in [1.82, 2.24) is 4.90 Å². The smallest absolute Gasteiger partial charge is 0.261 e. The Hall–Kier alpha value is -2.36. The molecule has 22 heavy (non-hydrogen) atoms. The van der Waals surface area contributed by atoms with Crippen molar-refractivity contribution in [2.45, 2.75) is 37.8 Å². The third-order valence-corrected chi connectivity index (χ3v) is 4.79. The summed E-state index contributed by atoms with van der Waals surface area (Å²) in [6, 6.07) is 10.3. The summed E-state index contributed by atoms with van der Waals surface area (Å²) in [5, 5.41) is 5.31. The van der Waals surface area contributed by atoms with Crippen molar-refractivity contribution in [3.05, 3.63) is 41.5 Å². The second-order valence-corrected chi connectivity index (χ2v) is 6.52. The zero-order valence-electron chi connectivity index (χ0n) is 12.1. The third kappa shape index (κ3) is 1.64. The van der Waals surface area contributed by atoms with Gasteiger partial charge in [0.25, 0.3) is 11.8 Å². The van der Waals surface area contributed by atoms with Crippen LogP contribution in [0.15, 0.2) is 30.3 Å². The Bertz CT molecular complexity index is 812. The Labute approximate surface area is 128 Å². The van der Waals surface area contributed by atoms with Gasteiger partial charge in [-0.05, 0) is 43.9 Å². The van der Waals surface area contributed by atoms with Crippen LogP contribution in [0, 0.1) is 0 Å². The first kappa shape index (κ1) is 12.2. The SMILES string of the molecule is O=C1c2cccc3c(NC4CC4)ccc(c23)C(=O)N1C1CC1. The van der Waals surface area contributed by atoms with E-state index < -0.39 is 0 Å². The minimum absolute atomic E-state index is 0.104. The van der Waals surface area contributed by atoms with Gasteiger partial charge in [0.05, 0.1) is 0 Å². The molecule has 0 saturated heterocycles. The second-order valence-electron chi connectivity index (χ2n) is 6.52. The molecule has 1 N–H and O–H groups in total. The normalized spacial score (nSPS) is 20.6. The van der Waals surface area contributed by atoms with Gasteiger partial charge in [0.2, 0.25) is 0 Å². The molecule has 2 aliphatic carbocycles. The highest BCUT2D eigenvalue weighted by Gasteiger charge is 2.42. The summed E-state index contributed by atoms with van der Waals surface area (Å²) in [6.45, 7) is 0. The van der Waals surface area contributed by atoms with Crippen LogP contribution in [0.1, 0.15) is 46.4 Å². The Morgan fingerprint density at radius 2 is 1.64 bits per heavy atom. The molecule has 1 aliphatic heterocycles. The van der Waals surface area contributed by atoms with E-state index in [9.17, 15) is 9.59 Å². The molecule has 1 heterocycles. The standard InChI is InChI=1S/C18H16N2O2/c21-17-13-3-1-2-12-15(19-10-4-5-10)9-8-14(16(12)13)18(22)20(17)11-6-7-11/h1-3,8-11,19H,4-7H2. The summed E-state index contributed by atoms with van der Waals surface area (Å²) in [5.41, 5.74) is 2.36. The summed E-state index contributed by atoms with van der Waals surface area (Å²) in [7, 11) is 0. The lowest BCUT2D eigenvalue weighted by Crippen LogP contribution is -2.41. The van der Waals surface area contributed by atoms with E-state index in [0.29, 0.717) is 17.2 Å². The highest BCUT2D eigenvalue weighted by molar-refractivity contribution is 6.27. The van der Waals surface area contributed by atoms with Crippen LogP contribution in [0.4, 0.5) is 5.69 Å². The number of imide groups is 1. The number of anilines is 1. The molecule has 110 valence electrons. The average molecular weight is 292 g/mol. The van der Waals surface area contributed by atoms with E-state index in [1.807, 2.05) is 30.3 Å². The fraction of sp³-hybridized carbons (Fsp3) is 0.333. The van der Waals surface area contributed by atoms with Crippen molar-refractivity contribution in [1.29, 1.82) is 0 Å². The van der Waals surface area contributed by atoms with Gasteiger partial charge in [0.1, 0.15) is 0 Å². The van der Waals surface area contributed by atoms with Crippen LogP contribution in [-0.2, 0) is 0 Å². The molecular formula is C18H16N2O2. The maximum atomic E-state index is 12.7. The first-order valence-electron chi connectivity index (χ1n) is 7.94. The predicted molar refractivity (Wildman–Crippen MR) is 84.1 cm³/mol. The highest BCUT2D eigenvalue weighted by Crippen LogP contribution is 2.39. The Morgan fingerprint density at radius 1 is 0.909 bits per heavy atom. The molecular weight excluding hydrogens is 276 g/mol. The summed E-state index contributed by atoms with van der Waals surface area (Å²) in [4.78, 5) is 26.9. The average Bonchev–Trinajstić information content (AvgIpc) is 3.40. The molecule has 2 amide bonds. The molecule has 4 nitrogen and oxygen atoms in total. The second kappa shape index (κ2) is 4.09. The monoisotopic (exact) mass is 292 g/mol. The lowest BCUT2D eigenvalue weighted by molar-refractivity contribution is 0.0598. The van der Waals surface area contributed by atoms with Gasteiger partial charge in [-0.1, -0.05) is 12.1 Å². The highest BCUT2D eigenvalue weighted by atomic mass is 16.2. The van der Waals surface area contributed by atoms with Crippen molar-refractivity contribution < 1.29 is 9.59 Å². The summed E-state index contributed by atoms with van der Waals surface area (Å²) in [5.74, 6) is -0.261. The number of rotatable bonds is 3. The van der Waals surface area contributed by atoms with Crippen LogP contribution in [-0.4, -0.2) is 28.8 Å². The van der Waals surface area contributed by atoms with Gasteiger partial charge < -0.3 is 5.32 Å². The van der Waals surface area contributed by atoms with E-state index in [4.69, 9.17) is 0 Å². The van der Waals surface area contributed by atoms with Gasteiger partial charge in [-0.2, -0.15) is 0 Å². The molecule has 0 unspecified atom stereocenters. The van der Waals surface area contributed by atoms with Crippen LogP contribution in [0.25, 0.3) is 10.8 Å². The maximum absolute atomic E-state index is 12.7. The lowest BCUT2D eigenvalue weighted by atomic mass is 9.93. The lowest BCUT2D eigenvalue weighted by Gasteiger charge is -2.27. The molecule has 3 aliphatic rings. The van der Waals surface area contributed by atoms with E-state index in [-0.39, 0.29) is 17.9 Å². The zero-order chi connectivity index (χ0) is 14.8. The Balaban J connectivity index is 1.74. The van der Waals surface area contributed by atoms with Crippen LogP contribution >= 0.6 is 0 Å². The molecule has 0 spiro atoms. The molecule has 0 atom stereocenters. The molecule has 2 fully saturated rings. The zero-order valence-corrected chi connectivity index (χ0v) is 12.1. The minimum atomic E-state index is -0.130. The van der Waals surface area contributed by atoms with Crippen molar-refractivity contribution in [2.75, 3.05) is 5.32 Å². The number of nitrogens with one attached hydrogen (secondary N) is 1. The Morgan fingerprint density at radius 3 is 2.32 bits per heavy atom. The fourth-order valence-corrected chi connectivity index (χ4v) is 3.35. The van der Waals surface area contributed by atoms with Crippen molar-refractivity contribution >= 4 is 28.3 Å². The van der Waals surface area contributed by atoms with Crippen molar-refractivity contribution in [3.8, 4) is 0 Å². The van der Waals surface area contributed by atoms with E-state index in [2.05, 4.69) is 5.32 Å². The van der Waals surface area contributed by atoms with E-state index in [0.717, 1.165) is 29.3 Å². The van der Waals surface area contributed by atoms with Crippen LogP contribution < -0.4 is 5.32 Å². The van der Waals surface area contributed by atoms with Crippen LogP contribution in [0.3, 0.4) is 0 Å². The molecule has 0 aromatic heterocycles. The fourth-order valence-electron chi connectivity index (χ4n) is 3.35. The minimum Gasteiger partial charge on any atom is -0.382 e. The van der Waals surface area contributed by atoms with Gasteiger partial charge in [-0.15, -0.1) is 0 Å².